The molecule has 1 nitrogen and oxygen atoms in total. The van der Waals surface area contributed by atoms with E-state index in [1.54, 1.807) is 0 Å². The second kappa shape index (κ2) is 7.35. The van der Waals surface area contributed by atoms with Crippen molar-refractivity contribution in [1.29, 1.82) is 0 Å². The summed E-state index contributed by atoms with van der Waals surface area (Å²) in [6.07, 6.45) is 7.60. The fourth-order valence-corrected chi connectivity index (χ4v) is 3.88. The van der Waals surface area contributed by atoms with E-state index >= 15 is 0 Å². The van der Waals surface area contributed by atoms with Crippen molar-refractivity contribution in [3.05, 3.63) is 31.7 Å². The van der Waals surface area contributed by atoms with Crippen LogP contribution in [0.1, 0.15) is 55.3 Å². The Balaban J connectivity index is 2.18. The van der Waals surface area contributed by atoms with Crippen LogP contribution < -0.4 is 0 Å². The number of halogens is 4. The summed E-state index contributed by atoms with van der Waals surface area (Å²) >= 11 is 24.1. The molecule has 0 atom stereocenters. The first-order valence-electron chi connectivity index (χ1n) is 6.87. The molecule has 1 aromatic rings. The standard InChI is InChI=1S/C15H16Cl4O/c16-10-8-11(17)14(18)15(19)13(10)12(20)7-9-5-3-1-2-4-6-9/h8-9H,1-7H2. The summed E-state index contributed by atoms with van der Waals surface area (Å²) in [4.78, 5) is 12.5. The second-order valence-electron chi connectivity index (χ2n) is 5.33. The lowest BCUT2D eigenvalue weighted by molar-refractivity contribution is 0.0957. The van der Waals surface area contributed by atoms with Gasteiger partial charge in [-0.25, -0.2) is 0 Å². The molecule has 0 heterocycles. The third-order valence-corrected chi connectivity index (χ3v) is 5.40. The van der Waals surface area contributed by atoms with Gasteiger partial charge in [-0.3, -0.25) is 4.79 Å². The molecule has 1 aliphatic carbocycles. The molecule has 0 aromatic heterocycles. The van der Waals surface area contributed by atoms with E-state index in [4.69, 9.17) is 46.4 Å². The molecule has 0 saturated heterocycles. The van der Waals surface area contributed by atoms with Gasteiger partial charge in [-0.05, 0) is 12.0 Å². The van der Waals surface area contributed by atoms with Gasteiger partial charge in [0.25, 0.3) is 0 Å². The first-order chi connectivity index (χ1) is 9.50. The lowest BCUT2D eigenvalue weighted by atomic mass is 9.92. The largest absolute Gasteiger partial charge is 0.294 e. The van der Waals surface area contributed by atoms with Crippen LogP contribution in [0, 0.1) is 5.92 Å². The van der Waals surface area contributed by atoms with Gasteiger partial charge in [0, 0.05) is 6.42 Å². The van der Waals surface area contributed by atoms with Crippen LogP contribution in [0.15, 0.2) is 6.07 Å². The molecule has 0 radical (unpaired) electrons. The molecule has 1 saturated carbocycles. The molecule has 1 aliphatic rings. The molecular formula is C15H16Cl4O. The Labute approximate surface area is 139 Å². The van der Waals surface area contributed by atoms with E-state index in [1.165, 1.54) is 31.7 Å². The Morgan fingerprint density at radius 3 is 2.15 bits per heavy atom. The molecule has 0 bridgehead atoms. The number of rotatable bonds is 3. The highest BCUT2D eigenvalue weighted by Crippen LogP contribution is 2.39. The van der Waals surface area contributed by atoms with Crippen molar-refractivity contribution in [2.45, 2.75) is 44.9 Å². The Bertz CT molecular complexity index is 505. The number of ketones is 1. The summed E-state index contributed by atoms with van der Waals surface area (Å²) in [7, 11) is 0. The number of benzene rings is 1. The van der Waals surface area contributed by atoms with Crippen LogP contribution in [0.2, 0.25) is 20.1 Å². The van der Waals surface area contributed by atoms with Crippen molar-refractivity contribution in [3.8, 4) is 0 Å². The molecule has 20 heavy (non-hydrogen) atoms. The Morgan fingerprint density at radius 2 is 1.55 bits per heavy atom. The van der Waals surface area contributed by atoms with Crippen molar-refractivity contribution < 1.29 is 4.79 Å². The van der Waals surface area contributed by atoms with Crippen LogP contribution in [0.3, 0.4) is 0 Å². The number of carbonyl (C=O) groups excluding carboxylic acids is 1. The maximum absolute atomic E-state index is 12.5. The first-order valence-corrected chi connectivity index (χ1v) is 8.38. The van der Waals surface area contributed by atoms with Crippen molar-refractivity contribution in [3.63, 3.8) is 0 Å². The van der Waals surface area contributed by atoms with E-state index in [2.05, 4.69) is 0 Å². The maximum atomic E-state index is 12.5. The van der Waals surface area contributed by atoms with Gasteiger partial charge in [0.2, 0.25) is 0 Å². The molecule has 110 valence electrons. The lowest BCUT2D eigenvalue weighted by Gasteiger charge is -2.15. The van der Waals surface area contributed by atoms with Crippen molar-refractivity contribution in [2.24, 2.45) is 5.92 Å². The summed E-state index contributed by atoms with van der Waals surface area (Å²) < 4.78 is 0. The Hall–Kier alpha value is 0.0500. The number of Topliss-reactive ketones (excluding diaryl/α,β-unsaturated/α-hetero) is 1. The zero-order valence-electron chi connectivity index (χ0n) is 11.0. The quantitative estimate of drug-likeness (QED) is 0.251. The van der Waals surface area contributed by atoms with Gasteiger partial charge < -0.3 is 0 Å². The van der Waals surface area contributed by atoms with E-state index in [9.17, 15) is 4.79 Å². The molecule has 5 heteroatoms. The van der Waals surface area contributed by atoms with Crippen LogP contribution in [-0.2, 0) is 0 Å². The molecule has 0 spiro atoms. The molecule has 0 unspecified atom stereocenters. The predicted octanol–water partition coefficient (Wildman–Crippen LogP) is 6.84. The van der Waals surface area contributed by atoms with Crippen molar-refractivity contribution >= 4 is 52.2 Å². The Kier molecular flexibility index (Phi) is 6.04. The molecule has 0 N–H and O–H groups in total. The van der Waals surface area contributed by atoms with Gasteiger partial charge in [0.1, 0.15) is 0 Å². The minimum absolute atomic E-state index is 0.0366. The van der Waals surface area contributed by atoms with E-state index in [-0.39, 0.29) is 25.9 Å². The van der Waals surface area contributed by atoms with E-state index in [0.29, 0.717) is 17.9 Å². The van der Waals surface area contributed by atoms with Crippen LogP contribution in [-0.4, -0.2) is 5.78 Å². The smallest absolute Gasteiger partial charge is 0.166 e. The fourth-order valence-electron chi connectivity index (χ4n) is 2.75. The number of carbonyl (C=O) groups is 1. The SMILES string of the molecule is O=C(CC1CCCCCC1)c1c(Cl)cc(Cl)c(Cl)c1Cl. The van der Waals surface area contributed by atoms with Crippen LogP contribution in [0.5, 0.6) is 0 Å². The van der Waals surface area contributed by atoms with Crippen molar-refractivity contribution in [2.75, 3.05) is 0 Å². The third-order valence-electron chi connectivity index (χ3n) is 3.84. The molecule has 0 amide bonds. The monoisotopic (exact) mass is 352 g/mol. The highest BCUT2D eigenvalue weighted by Gasteiger charge is 2.23. The van der Waals surface area contributed by atoms with Crippen molar-refractivity contribution in [1.82, 2.24) is 0 Å². The minimum atomic E-state index is -0.0366. The van der Waals surface area contributed by atoms with Gasteiger partial charge in [-0.1, -0.05) is 84.9 Å². The summed E-state index contributed by atoms with van der Waals surface area (Å²) in [5.74, 6) is 0.386. The molecule has 0 aliphatic heterocycles. The van der Waals surface area contributed by atoms with Gasteiger partial charge in [-0.15, -0.1) is 0 Å². The average molecular weight is 354 g/mol. The van der Waals surface area contributed by atoms with E-state index in [1.807, 2.05) is 0 Å². The number of hydrogen-bond acceptors (Lipinski definition) is 1. The minimum Gasteiger partial charge on any atom is -0.294 e. The summed E-state index contributed by atoms with van der Waals surface area (Å²) in [5.41, 5.74) is 0.312. The second-order valence-corrected chi connectivity index (χ2v) is 6.90. The topological polar surface area (TPSA) is 17.1 Å². The molecule has 1 aromatic carbocycles. The van der Waals surface area contributed by atoms with Crippen LogP contribution in [0.25, 0.3) is 0 Å². The summed E-state index contributed by atoms with van der Waals surface area (Å²) in [5, 5.41) is 0.917. The zero-order valence-corrected chi connectivity index (χ0v) is 14.0. The fraction of sp³-hybridized carbons (Fsp3) is 0.533. The first kappa shape index (κ1) is 16.4. The molecule has 2 rings (SSSR count). The zero-order chi connectivity index (χ0) is 14.7. The van der Waals surface area contributed by atoms with E-state index < -0.39 is 0 Å². The van der Waals surface area contributed by atoms with Gasteiger partial charge >= 0.3 is 0 Å². The van der Waals surface area contributed by atoms with Gasteiger partial charge in [-0.2, -0.15) is 0 Å². The van der Waals surface area contributed by atoms with Crippen LogP contribution >= 0.6 is 46.4 Å². The normalized spacial score (nSPS) is 17.0. The Morgan fingerprint density at radius 1 is 0.950 bits per heavy atom. The van der Waals surface area contributed by atoms with E-state index in [0.717, 1.165) is 12.8 Å². The molecular weight excluding hydrogens is 338 g/mol. The lowest BCUT2D eigenvalue weighted by Crippen LogP contribution is -2.10. The average Bonchev–Trinajstić information content (AvgIpc) is 2.64. The highest BCUT2D eigenvalue weighted by atomic mass is 35.5. The molecule has 1 fully saturated rings. The van der Waals surface area contributed by atoms with Gasteiger partial charge in [0.15, 0.2) is 5.78 Å². The van der Waals surface area contributed by atoms with Gasteiger partial charge in [0.05, 0.1) is 25.7 Å². The maximum Gasteiger partial charge on any atom is 0.166 e. The van der Waals surface area contributed by atoms with Crippen LogP contribution in [0.4, 0.5) is 0 Å². The summed E-state index contributed by atoms with van der Waals surface area (Å²) in [6.45, 7) is 0. The number of hydrogen-bond donors (Lipinski definition) is 0. The third kappa shape index (κ3) is 3.82. The predicted molar refractivity (Wildman–Crippen MR) is 86.6 cm³/mol. The summed E-state index contributed by atoms with van der Waals surface area (Å²) in [6, 6.07) is 1.48. The highest BCUT2D eigenvalue weighted by molar-refractivity contribution is 6.51.